The summed E-state index contributed by atoms with van der Waals surface area (Å²) in [5, 5.41) is 14.7. The van der Waals surface area contributed by atoms with Gasteiger partial charge in [0.1, 0.15) is 22.3 Å². The van der Waals surface area contributed by atoms with Crippen LogP contribution in [0.4, 0.5) is 0 Å². The second kappa shape index (κ2) is 10.4. The summed E-state index contributed by atoms with van der Waals surface area (Å²) in [5.41, 5.74) is 12.2. The molecule has 9 aromatic rings. The molecule has 0 bridgehead atoms. The highest BCUT2D eigenvalue weighted by atomic mass is 16.3. The third-order valence-electron chi connectivity index (χ3n) is 8.92. The summed E-state index contributed by atoms with van der Waals surface area (Å²) in [6.45, 7) is 0. The fourth-order valence-electron chi connectivity index (χ4n) is 6.72. The van der Waals surface area contributed by atoms with Crippen LogP contribution >= 0.6 is 0 Å². The average molecular weight is 588 g/mol. The Morgan fingerprint density at radius 3 is 1.80 bits per heavy atom. The van der Waals surface area contributed by atoms with Crippen molar-refractivity contribution in [1.82, 2.24) is 0 Å². The van der Waals surface area contributed by atoms with Crippen molar-refractivity contribution >= 4 is 43.9 Å². The molecule has 0 radical (unpaired) electrons. The van der Waals surface area contributed by atoms with Crippen molar-refractivity contribution in [2.45, 2.75) is 0 Å². The number of para-hydroxylation sites is 2. The van der Waals surface area contributed by atoms with Crippen molar-refractivity contribution in [2.75, 3.05) is 0 Å². The van der Waals surface area contributed by atoms with Crippen LogP contribution in [0.3, 0.4) is 0 Å². The second-order valence-corrected chi connectivity index (χ2v) is 11.6. The van der Waals surface area contributed by atoms with Gasteiger partial charge in [-0.3, -0.25) is 0 Å². The Labute approximate surface area is 265 Å². The van der Waals surface area contributed by atoms with Crippen molar-refractivity contribution in [3.05, 3.63) is 157 Å². The predicted octanol–water partition coefficient (Wildman–Crippen LogP) is 12.0. The number of rotatable bonds is 4. The molecule has 0 fully saturated rings. The van der Waals surface area contributed by atoms with E-state index in [1.165, 1.54) is 0 Å². The molecule has 0 aliphatic rings. The maximum atomic E-state index is 10.4. The molecule has 0 N–H and O–H groups in total. The fraction of sp³-hybridized carbons (Fsp3) is 0. The largest absolute Gasteiger partial charge is 0.456 e. The molecule has 2 heterocycles. The van der Waals surface area contributed by atoms with Gasteiger partial charge in [-0.2, -0.15) is 5.26 Å². The average Bonchev–Trinajstić information content (AvgIpc) is 3.69. The lowest BCUT2D eigenvalue weighted by Crippen LogP contribution is -1.90. The van der Waals surface area contributed by atoms with Gasteiger partial charge in [0.05, 0.1) is 11.6 Å². The standard InChI is InChI=1S/C43H25NO2/c44-26-33-21-28(27-9-2-1-3-10-27)17-19-34(33)31-22-30(29-18-20-37-36-11-4-6-14-39(36)46-42(37)25-29)23-32(24-31)35-13-8-16-41-43(35)38-12-5-7-15-40(38)45-41/h1-25H. The topological polar surface area (TPSA) is 50.1 Å². The highest BCUT2D eigenvalue weighted by Crippen LogP contribution is 2.41. The molecule has 9 rings (SSSR count). The van der Waals surface area contributed by atoms with E-state index in [4.69, 9.17) is 8.83 Å². The van der Waals surface area contributed by atoms with E-state index >= 15 is 0 Å². The lowest BCUT2D eigenvalue weighted by Gasteiger charge is -2.14. The van der Waals surface area contributed by atoms with Gasteiger partial charge in [0.25, 0.3) is 0 Å². The molecule has 0 saturated carbocycles. The third kappa shape index (κ3) is 4.20. The zero-order chi connectivity index (χ0) is 30.6. The molecule has 214 valence electrons. The minimum atomic E-state index is 0.629. The summed E-state index contributed by atoms with van der Waals surface area (Å²) in [5.74, 6) is 0. The Bertz CT molecular complexity index is 2650. The second-order valence-electron chi connectivity index (χ2n) is 11.6. The number of nitriles is 1. The van der Waals surface area contributed by atoms with Gasteiger partial charge in [-0.25, -0.2) is 0 Å². The summed E-state index contributed by atoms with van der Waals surface area (Å²) in [7, 11) is 0. The Balaban J connectivity index is 1.29. The Hall–Kier alpha value is -6.37. The van der Waals surface area contributed by atoms with E-state index in [1.54, 1.807) is 0 Å². The summed E-state index contributed by atoms with van der Waals surface area (Å²) in [6.07, 6.45) is 0. The molecule has 0 amide bonds. The van der Waals surface area contributed by atoms with Gasteiger partial charge in [0.2, 0.25) is 0 Å². The van der Waals surface area contributed by atoms with Crippen LogP contribution in [0, 0.1) is 11.3 Å². The first kappa shape index (κ1) is 26.1. The molecule has 3 nitrogen and oxygen atoms in total. The van der Waals surface area contributed by atoms with E-state index in [2.05, 4.69) is 84.9 Å². The highest BCUT2D eigenvalue weighted by molar-refractivity contribution is 6.13. The zero-order valence-corrected chi connectivity index (χ0v) is 24.7. The molecule has 2 aromatic heterocycles. The Morgan fingerprint density at radius 1 is 0.370 bits per heavy atom. The van der Waals surface area contributed by atoms with E-state index in [-0.39, 0.29) is 0 Å². The fourth-order valence-corrected chi connectivity index (χ4v) is 6.72. The van der Waals surface area contributed by atoms with Crippen molar-refractivity contribution in [1.29, 1.82) is 5.26 Å². The number of furan rings is 2. The molecule has 0 aliphatic heterocycles. The van der Waals surface area contributed by atoms with E-state index < -0.39 is 0 Å². The minimum absolute atomic E-state index is 0.629. The lowest BCUT2D eigenvalue weighted by atomic mass is 9.89. The summed E-state index contributed by atoms with van der Waals surface area (Å²) in [4.78, 5) is 0. The Morgan fingerprint density at radius 2 is 0.978 bits per heavy atom. The van der Waals surface area contributed by atoms with Gasteiger partial charge < -0.3 is 8.83 Å². The van der Waals surface area contributed by atoms with Gasteiger partial charge in [0, 0.05) is 21.5 Å². The maximum absolute atomic E-state index is 10.4. The van der Waals surface area contributed by atoms with Gasteiger partial charge >= 0.3 is 0 Å². The van der Waals surface area contributed by atoms with Gasteiger partial charge in [-0.05, 0) is 99.1 Å². The molecular weight excluding hydrogens is 562 g/mol. The smallest absolute Gasteiger partial charge is 0.136 e. The predicted molar refractivity (Wildman–Crippen MR) is 187 cm³/mol. The van der Waals surface area contributed by atoms with Gasteiger partial charge in [-0.15, -0.1) is 0 Å². The van der Waals surface area contributed by atoms with Crippen LogP contribution in [-0.2, 0) is 0 Å². The highest BCUT2D eigenvalue weighted by Gasteiger charge is 2.17. The first-order chi connectivity index (χ1) is 22.7. The lowest BCUT2D eigenvalue weighted by molar-refractivity contribution is 0.668. The van der Waals surface area contributed by atoms with Crippen LogP contribution in [0.25, 0.3) is 88.4 Å². The number of fused-ring (bicyclic) bond motifs is 6. The van der Waals surface area contributed by atoms with Crippen molar-refractivity contribution in [3.63, 3.8) is 0 Å². The van der Waals surface area contributed by atoms with Crippen LogP contribution in [0.1, 0.15) is 5.56 Å². The molecule has 0 atom stereocenters. The van der Waals surface area contributed by atoms with Crippen LogP contribution in [0.5, 0.6) is 0 Å². The number of nitrogens with zero attached hydrogens (tertiary/aromatic N) is 1. The van der Waals surface area contributed by atoms with E-state index in [0.717, 1.165) is 88.4 Å². The number of hydrogen-bond acceptors (Lipinski definition) is 3. The molecule has 0 spiro atoms. The van der Waals surface area contributed by atoms with E-state index in [9.17, 15) is 5.26 Å². The molecule has 46 heavy (non-hydrogen) atoms. The van der Waals surface area contributed by atoms with Crippen LogP contribution in [-0.4, -0.2) is 0 Å². The van der Waals surface area contributed by atoms with Gasteiger partial charge in [0.15, 0.2) is 0 Å². The van der Waals surface area contributed by atoms with Gasteiger partial charge in [-0.1, -0.05) is 97.1 Å². The van der Waals surface area contributed by atoms with Crippen LogP contribution in [0.15, 0.2) is 160 Å². The summed E-state index contributed by atoms with van der Waals surface area (Å²) in [6, 6.07) is 54.4. The Kier molecular flexibility index (Phi) is 5.88. The van der Waals surface area contributed by atoms with Crippen molar-refractivity contribution < 1.29 is 8.83 Å². The molecule has 0 saturated heterocycles. The normalized spacial score (nSPS) is 11.5. The number of hydrogen-bond donors (Lipinski definition) is 0. The maximum Gasteiger partial charge on any atom is 0.136 e. The van der Waals surface area contributed by atoms with Crippen LogP contribution < -0.4 is 0 Å². The molecule has 3 heteroatoms. The molecule has 0 unspecified atom stereocenters. The number of benzene rings is 7. The third-order valence-corrected chi connectivity index (χ3v) is 8.92. The zero-order valence-electron chi connectivity index (χ0n) is 24.7. The SMILES string of the molecule is N#Cc1cc(-c2ccccc2)ccc1-c1cc(-c2ccc3c(c2)oc2ccccc23)cc(-c2cccc3oc4ccccc4c23)c1. The van der Waals surface area contributed by atoms with Crippen molar-refractivity contribution in [3.8, 4) is 50.6 Å². The molecule has 0 aliphatic carbocycles. The summed E-state index contributed by atoms with van der Waals surface area (Å²) < 4.78 is 12.5. The monoisotopic (exact) mass is 587 g/mol. The molecular formula is C43H25NO2. The van der Waals surface area contributed by atoms with E-state index in [1.807, 2.05) is 72.8 Å². The molecule has 7 aromatic carbocycles. The van der Waals surface area contributed by atoms with E-state index in [0.29, 0.717) is 5.56 Å². The quantitative estimate of drug-likeness (QED) is 0.206. The van der Waals surface area contributed by atoms with Crippen molar-refractivity contribution in [2.24, 2.45) is 0 Å². The first-order valence-electron chi connectivity index (χ1n) is 15.3. The minimum Gasteiger partial charge on any atom is -0.456 e. The van der Waals surface area contributed by atoms with Crippen LogP contribution in [0.2, 0.25) is 0 Å². The first-order valence-corrected chi connectivity index (χ1v) is 15.3. The summed E-state index contributed by atoms with van der Waals surface area (Å²) >= 11 is 0.